The Labute approximate surface area is 236 Å². The van der Waals surface area contributed by atoms with Gasteiger partial charge in [0.25, 0.3) is 0 Å². The van der Waals surface area contributed by atoms with Gasteiger partial charge in [0.05, 0.1) is 35.7 Å². The molecule has 0 saturated carbocycles. The maximum Gasteiger partial charge on any atom is 0.230 e. The minimum Gasteiger partial charge on any atom is -0.385 e. The Balaban J connectivity index is 1.36. The van der Waals surface area contributed by atoms with Crippen molar-refractivity contribution < 1.29 is 23.4 Å². The van der Waals surface area contributed by atoms with Crippen LogP contribution in [0.15, 0.2) is 61.1 Å². The molecular formula is C29H32FN7O4. The fourth-order valence-corrected chi connectivity index (χ4v) is 4.30. The molecule has 0 unspecified atom stereocenters. The predicted molar refractivity (Wildman–Crippen MR) is 149 cm³/mol. The van der Waals surface area contributed by atoms with Crippen LogP contribution in [0.1, 0.15) is 31.0 Å². The van der Waals surface area contributed by atoms with E-state index in [0.717, 1.165) is 5.56 Å². The number of hydrogen-bond acceptors (Lipinski definition) is 9. The van der Waals surface area contributed by atoms with Crippen LogP contribution >= 0.6 is 0 Å². The number of methoxy groups -OCH3 is 1. The molecule has 1 aromatic carbocycles. The number of carbonyl (C=O) groups excluding carboxylic acids is 1. The number of aromatic nitrogens is 5. The molecule has 4 heterocycles. The molecule has 41 heavy (non-hydrogen) atoms. The minimum atomic E-state index is -0.846. The van der Waals surface area contributed by atoms with Gasteiger partial charge >= 0.3 is 0 Å². The number of rotatable bonds is 11. The normalized spacial score (nSPS) is 18.7. The van der Waals surface area contributed by atoms with Crippen LogP contribution in [-0.2, 0) is 25.5 Å². The van der Waals surface area contributed by atoms with Gasteiger partial charge in [-0.15, -0.1) is 0 Å². The van der Waals surface area contributed by atoms with Crippen LogP contribution < -0.4 is 10.6 Å². The Kier molecular flexibility index (Phi) is 8.92. The molecule has 4 aromatic rings. The Hall–Kier alpha value is -4.26. The monoisotopic (exact) mass is 561 g/mol. The summed E-state index contributed by atoms with van der Waals surface area (Å²) in [6.45, 7) is 3.68. The zero-order valence-corrected chi connectivity index (χ0v) is 22.9. The van der Waals surface area contributed by atoms with Crippen LogP contribution in [0.3, 0.4) is 0 Å². The summed E-state index contributed by atoms with van der Waals surface area (Å²) >= 11 is 0. The van der Waals surface area contributed by atoms with Gasteiger partial charge < -0.3 is 29.8 Å². The lowest BCUT2D eigenvalue weighted by atomic mass is 9.91. The van der Waals surface area contributed by atoms with Crippen LogP contribution in [0.25, 0.3) is 22.6 Å². The second kappa shape index (κ2) is 12.9. The highest BCUT2D eigenvalue weighted by molar-refractivity contribution is 5.82. The molecule has 1 aliphatic rings. The maximum atomic E-state index is 13.7. The minimum absolute atomic E-state index is 0.145. The Morgan fingerprint density at radius 2 is 1.85 bits per heavy atom. The lowest BCUT2D eigenvalue weighted by Crippen LogP contribution is -2.48. The molecule has 0 bridgehead atoms. The first-order chi connectivity index (χ1) is 19.9. The van der Waals surface area contributed by atoms with Gasteiger partial charge in [0.1, 0.15) is 5.82 Å². The summed E-state index contributed by atoms with van der Waals surface area (Å²) in [6.07, 6.45) is 4.99. The third-order valence-corrected chi connectivity index (χ3v) is 6.64. The third kappa shape index (κ3) is 6.91. The molecule has 12 heteroatoms. The van der Waals surface area contributed by atoms with Crippen molar-refractivity contribution in [3.8, 4) is 22.6 Å². The van der Waals surface area contributed by atoms with Crippen molar-refractivity contribution in [3.63, 3.8) is 0 Å². The van der Waals surface area contributed by atoms with Gasteiger partial charge in [-0.3, -0.25) is 9.78 Å². The number of nitrogens with zero attached hydrogens (tertiary/aromatic N) is 4. The van der Waals surface area contributed by atoms with E-state index in [1.807, 2.05) is 12.1 Å². The van der Waals surface area contributed by atoms with Gasteiger partial charge in [-0.2, -0.15) is 0 Å². The van der Waals surface area contributed by atoms with Crippen molar-refractivity contribution in [3.05, 3.63) is 78.3 Å². The largest absolute Gasteiger partial charge is 0.385 e. The number of imidazole rings is 1. The van der Waals surface area contributed by atoms with E-state index in [1.54, 1.807) is 50.8 Å². The van der Waals surface area contributed by atoms with Gasteiger partial charge in [0, 0.05) is 51.0 Å². The van der Waals surface area contributed by atoms with E-state index >= 15 is 0 Å². The van der Waals surface area contributed by atoms with Gasteiger partial charge in [-0.05, 0) is 61.4 Å². The highest BCUT2D eigenvalue weighted by Gasteiger charge is 2.40. The predicted octanol–water partition coefficient (Wildman–Crippen LogP) is 3.88. The van der Waals surface area contributed by atoms with Gasteiger partial charge in [-0.25, -0.2) is 19.3 Å². The number of anilines is 1. The van der Waals surface area contributed by atoms with Crippen LogP contribution in [0.5, 0.6) is 0 Å². The number of pyridine rings is 1. The zero-order chi connectivity index (χ0) is 28.7. The van der Waals surface area contributed by atoms with E-state index in [0.29, 0.717) is 60.5 Å². The van der Waals surface area contributed by atoms with Crippen molar-refractivity contribution in [1.82, 2.24) is 30.2 Å². The highest BCUT2D eigenvalue weighted by Crippen LogP contribution is 2.35. The number of aromatic amines is 1. The number of benzene rings is 1. The van der Waals surface area contributed by atoms with E-state index in [1.165, 1.54) is 12.1 Å². The highest BCUT2D eigenvalue weighted by atomic mass is 19.1. The molecule has 1 amide bonds. The van der Waals surface area contributed by atoms with Crippen LogP contribution in [0.2, 0.25) is 0 Å². The number of H-pyrrole nitrogens is 1. The SMILES string of the molecule is COCCCNC(=O)C1(C)COC(c2nc(-c3ccc(F)cc3)c(-c3ccnc(NCc4ccncc4)n3)[nH]2)OC1. The summed E-state index contributed by atoms with van der Waals surface area (Å²) in [6, 6.07) is 11.6. The van der Waals surface area contributed by atoms with E-state index in [-0.39, 0.29) is 24.9 Å². The summed E-state index contributed by atoms with van der Waals surface area (Å²) in [7, 11) is 1.62. The number of nitrogens with one attached hydrogen (secondary N) is 3. The molecule has 3 N–H and O–H groups in total. The number of ether oxygens (including phenoxy) is 3. The molecule has 3 aromatic heterocycles. The van der Waals surface area contributed by atoms with Crippen molar-refractivity contribution >= 4 is 11.9 Å². The van der Waals surface area contributed by atoms with Crippen molar-refractivity contribution in [2.45, 2.75) is 26.2 Å². The smallest absolute Gasteiger partial charge is 0.230 e. The number of halogens is 1. The van der Waals surface area contributed by atoms with Crippen LogP contribution in [0, 0.1) is 11.2 Å². The third-order valence-electron chi connectivity index (χ3n) is 6.64. The molecule has 0 radical (unpaired) electrons. The molecule has 0 aliphatic carbocycles. The summed E-state index contributed by atoms with van der Waals surface area (Å²) in [5.74, 6) is 0.339. The fourth-order valence-electron chi connectivity index (χ4n) is 4.30. The van der Waals surface area contributed by atoms with Gasteiger partial charge in [0.2, 0.25) is 18.1 Å². The Morgan fingerprint density at radius 3 is 2.59 bits per heavy atom. The van der Waals surface area contributed by atoms with E-state index in [9.17, 15) is 9.18 Å². The number of amides is 1. The van der Waals surface area contributed by atoms with Gasteiger partial charge in [-0.1, -0.05) is 0 Å². The van der Waals surface area contributed by atoms with E-state index in [2.05, 4.69) is 30.6 Å². The van der Waals surface area contributed by atoms with Crippen molar-refractivity contribution in [1.29, 1.82) is 0 Å². The molecule has 0 atom stereocenters. The van der Waals surface area contributed by atoms with Crippen molar-refractivity contribution in [2.75, 3.05) is 38.8 Å². The summed E-state index contributed by atoms with van der Waals surface area (Å²) in [4.78, 5) is 33.9. The molecule has 5 rings (SSSR count). The van der Waals surface area contributed by atoms with E-state index in [4.69, 9.17) is 19.2 Å². The fraction of sp³-hybridized carbons (Fsp3) is 0.345. The second-order valence-electron chi connectivity index (χ2n) is 9.94. The molecule has 1 aliphatic heterocycles. The number of carbonyl (C=O) groups is 1. The molecule has 11 nitrogen and oxygen atoms in total. The Morgan fingerprint density at radius 1 is 1.10 bits per heavy atom. The van der Waals surface area contributed by atoms with Crippen LogP contribution in [-0.4, -0.2) is 64.3 Å². The molecular weight excluding hydrogens is 529 g/mol. The molecule has 1 fully saturated rings. The number of hydrogen-bond donors (Lipinski definition) is 3. The zero-order valence-electron chi connectivity index (χ0n) is 22.9. The topological polar surface area (TPSA) is 136 Å². The first-order valence-electron chi connectivity index (χ1n) is 13.3. The molecule has 0 spiro atoms. The van der Waals surface area contributed by atoms with Gasteiger partial charge in [0.15, 0.2) is 5.82 Å². The van der Waals surface area contributed by atoms with Crippen molar-refractivity contribution in [2.24, 2.45) is 5.41 Å². The molecule has 1 saturated heterocycles. The first kappa shape index (κ1) is 28.3. The van der Waals surface area contributed by atoms with E-state index < -0.39 is 11.7 Å². The average Bonchev–Trinajstić information content (AvgIpc) is 3.45. The quantitative estimate of drug-likeness (QED) is 0.233. The summed E-state index contributed by atoms with van der Waals surface area (Å²) in [5.41, 5.74) is 2.59. The Bertz CT molecular complexity index is 1440. The summed E-state index contributed by atoms with van der Waals surface area (Å²) in [5, 5.41) is 6.13. The maximum absolute atomic E-state index is 13.7. The lowest BCUT2D eigenvalue weighted by Gasteiger charge is -2.35. The standard InChI is InChI=1S/C29H32FN7O4/c1-29(27(38)32-11-3-15-39-2)17-40-26(41-18-29)25-36-23(20-4-6-21(30)7-5-20)24(37-25)22-10-14-33-28(35-22)34-16-19-8-12-31-13-9-19/h4-10,12-14,26H,3,11,15-18H2,1-2H3,(H,32,38)(H,36,37)(H,33,34,35). The summed E-state index contributed by atoms with van der Waals surface area (Å²) < 4.78 is 30.7. The lowest BCUT2D eigenvalue weighted by molar-refractivity contribution is -0.231. The first-order valence-corrected chi connectivity index (χ1v) is 13.3. The molecule has 214 valence electrons. The second-order valence-corrected chi connectivity index (χ2v) is 9.94. The van der Waals surface area contributed by atoms with Crippen LogP contribution in [0.4, 0.5) is 10.3 Å². The average molecular weight is 562 g/mol.